The highest BCUT2D eigenvalue weighted by Gasteiger charge is 2.30. The fraction of sp³-hybridized carbons (Fsp3) is 0.750. The summed E-state index contributed by atoms with van der Waals surface area (Å²) in [4.78, 5) is 0.307. The molecule has 0 radical (unpaired) electrons. The Bertz CT molecular complexity index is 509. The zero-order valence-electron chi connectivity index (χ0n) is 11.9. The number of H-pyrrole nitrogens is 1. The van der Waals surface area contributed by atoms with Gasteiger partial charge in [-0.25, -0.2) is 8.42 Å². The summed E-state index contributed by atoms with van der Waals surface area (Å²) >= 11 is 0. The van der Waals surface area contributed by atoms with E-state index >= 15 is 0 Å². The molecule has 1 saturated heterocycles. The van der Waals surface area contributed by atoms with Crippen LogP contribution in [-0.2, 0) is 10.0 Å². The molecule has 0 spiro atoms. The van der Waals surface area contributed by atoms with Crippen LogP contribution in [0.1, 0.15) is 25.0 Å². The maximum Gasteiger partial charge on any atom is 0.246 e. The number of hydrogen-bond acceptors (Lipinski definition) is 4. The molecule has 0 unspecified atom stereocenters. The van der Waals surface area contributed by atoms with Crippen LogP contribution in [0, 0.1) is 12.8 Å². The number of aryl methyl sites for hydroxylation is 1. The van der Waals surface area contributed by atoms with Gasteiger partial charge in [-0.3, -0.25) is 5.10 Å². The van der Waals surface area contributed by atoms with E-state index < -0.39 is 10.0 Å². The summed E-state index contributed by atoms with van der Waals surface area (Å²) in [7, 11) is -1.42. The molecular weight excluding hydrogens is 300 g/mol. The number of halogens is 1. The lowest BCUT2D eigenvalue weighted by atomic mass is 9.95. The molecule has 0 amide bonds. The molecule has 0 bridgehead atoms. The van der Waals surface area contributed by atoms with E-state index in [2.05, 4.69) is 15.5 Å². The van der Waals surface area contributed by atoms with Gasteiger partial charge in [0, 0.05) is 13.1 Å². The van der Waals surface area contributed by atoms with Crippen LogP contribution in [-0.4, -0.2) is 49.6 Å². The lowest BCUT2D eigenvalue weighted by Gasteiger charge is -2.31. The summed E-state index contributed by atoms with van der Waals surface area (Å²) in [5.74, 6) is 0.629. The van der Waals surface area contributed by atoms with E-state index in [1.165, 1.54) is 6.20 Å². The van der Waals surface area contributed by atoms with Gasteiger partial charge in [0.15, 0.2) is 0 Å². The minimum Gasteiger partial charge on any atom is -0.320 e. The Labute approximate surface area is 126 Å². The summed E-state index contributed by atoms with van der Waals surface area (Å²) in [6.07, 6.45) is 4.41. The summed E-state index contributed by atoms with van der Waals surface area (Å²) in [5, 5.41) is 9.63. The van der Waals surface area contributed by atoms with Crippen LogP contribution in [0.4, 0.5) is 0 Å². The summed E-state index contributed by atoms with van der Waals surface area (Å²) in [5.41, 5.74) is 0.609. The van der Waals surface area contributed by atoms with Crippen LogP contribution < -0.4 is 5.32 Å². The number of piperidine rings is 1. The topological polar surface area (TPSA) is 78.1 Å². The van der Waals surface area contributed by atoms with Crippen LogP contribution >= 0.6 is 12.4 Å². The summed E-state index contributed by atoms with van der Waals surface area (Å²) in [6, 6.07) is 0. The molecule has 1 fully saturated rings. The summed E-state index contributed by atoms with van der Waals surface area (Å²) in [6.45, 7) is 3.96. The first-order valence-corrected chi connectivity index (χ1v) is 8.14. The third-order valence-electron chi connectivity index (χ3n) is 3.78. The zero-order chi connectivity index (χ0) is 13.9. The van der Waals surface area contributed by atoms with Gasteiger partial charge in [0.1, 0.15) is 4.90 Å². The first-order valence-electron chi connectivity index (χ1n) is 6.70. The maximum absolute atomic E-state index is 12.4. The van der Waals surface area contributed by atoms with E-state index in [0.717, 1.165) is 25.8 Å². The molecule has 1 aliphatic rings. The van der Waals surface area contributed by atoms with Gasteiger partial charge in [0.05, 0.1) is 11.9 Å². The van der Waals surface area contributed by atoms with Crippen molar-refractivity contribution in [1.82, 2.24) is 19.8 Å². The first kappa shape index (κ1) is 17.4. The van der Waals surface area contributed by atoms with Gasteiger partial charge < -0.3 is 5.32 Å². The molecule has 6 nitrogen and oxygen atoms in total. The SMILES string of the molecule is CNCCC1CCN(S(=O)(=O)c2cn[nH]c2C)CC1.Cl. The monoisotopic (exact) mass is 322 g/mol. The predicted octanol–water partition coefficient (Wildman–Crippen LogP) is 1.15. The maximum atomic E-state index is 12.4. The van der Waals surface area contributed by atoms with Crippen molar-refractivity contribution in [3.8, 4) is 0 Å². The molecule has 0 atom stereocenters. The average Bonchev–Trinajstić information content (AvgIpc) is 2.84. The van der Waals surface area contributed by atoms with Crippen molar-refractivity contribution in [1.29, 1.82) is 0 Å². The lowest BCUT2D eigenvalue weighted by molar-refractivity contribution is 0.263. The van der Waals surface area contributed by atoms with Crippen LogP contribution in [0.3, 0.4) is 0 Å². The number of aromatic amines is 1. The van der Waals surface area contributed by atoms with Gasteiger partial charge in [0.25, 0.3) is 0 Å². The van der Waals surface area contributed by atoms with Crippen molar-refractivity contribution in [2.75, 3.05) is 26.7 Å². The van der Waals surface area contributed by atoms with Gasteiger partial charge in [0.2, 0.25) is 10.0 Å². The van der Waals surface area contributed by atoms with Crippen LogP contribution in [0.25, 0.3) is 0 Å². The van der Waals surface area contributed by atoms with Crippen molar-refractivity contribution in [3.05, 3.63) is 11.9 Å². The predicted molar refractivity (Wildman–Crippen MR) is 80.6 cm³/mol. The number of nitrogens with one attached hydrogen (secondary N) is 2. The Morgan fingerprint density at radius 1 is 1.45 bits per heavy atom. The molecule has 2 rings (SSSR count). The lowest BCUT2D eigenvalue weighted by Crippen LogP contribution is -2.39. The molecule has 1 aromatic rings. The third-order valence-corrected chi connectivity index (χ3v) is 5.79. The molecule has 116 valence electrons. The van der Waals surface area contributed by atoms with Gasteiger partial charge in [-0.15, -0.1) is 12.4 Å². The van der Waals surface area contributed by atoms with Gasteiger partial charge >= 0.3 is 0 Å². The number of hydrogen-bond donors (Lipinski definition) is 2. The largest absolute Gasteiger partial charge is 0.320 e. The third kappa shape index (κ3) is 3.72. The first-order chi connectivity index (χ1) is 9.05. The fourth-order valence-electron chi connectivity index (χ4n) is 2.53. The zero-order valence-corrected chi connectivity index (χ0v) is 13.6. The summed E-state index contributed by atoms with van der Waals surface area (Å²) < 4.78 is 26.5. The quantitative estimate of drug-likeness (QED) is 0.852. The smallest absolute Gasteiger partial charge is 0.246 e. The molecule has 0 saturated carbocycles. The van der Waals surface area contributed by atoms with Gasteiger partial charge in [-0.2, -0.15) is 9.40 Å². The number of sulfonamides is 1. The normalized spacial score (nSPS) is 17.9. The van der Waals surface area contributed by atoms with E-state index in [9.17, 15) is 8.42 Å². The molecule has 1 aliphatic heterocycles. The van der Waals surface area contributed by atoms with Crippen molar-refractivity contribution in [3.63, 3.8) is 0 Å². The molecular formula is C12H23ClN4O2S. The minimum absolute atomic E-state index is 0. The van der Waals surface area contributed by atoms with Crippen molar-refractivity contribution in [2.24, 2.45) is 5.92 Å². The molecule has 0 aliphatic carbocycles. The van der Waals surface area contributed by atoms with E-state index in [1.807, 2.05) is 7.05 Å². The highest BCUT2D eigenvalue weighted by molar-refractivity contribution is 7.89. The van der Waals surface area contributed by atoms with E-state index in [4.69, 9.17) is 0 Å². The van der Waals surface area contributed by atoms with Crippen molar-refractivity contribution >= 4 is 22.4 Å². The van der Waals surface area contributed by atoms with Gasteiger partial charge in [-0.05, 0) is 45.7 Å². The fourth-order valence-corrected chi connectivity index (χ4v) is 4.11. The Hall–Kier alpha value is -0.630. The minimum atomic E-state index is -3.37. The average molecular weight is 323 g/mol. The van der Waals surface area contributed by atoms with Crippen LogP contribution in [0.5, 0.6) is 0 Å². The van der Waals surface area contributed by atoms with E-state index in [0.29, 0.717) is 29.6 Å². The molecule has 20 heavy (non-hydrogen) atoms. The standard InChI is InChI=1S/C12H22N4O2S.ClH/c1-10-12(9-14-15-10)19(17,18)16-7-4-11(5-8-16)3-6-13-2;/h9,11,13H,3-8H2,1-2H3,(H,14,15);1H. The van der Waals surface area contributed by atoms with E-state index in [1.54, 1.807) is 11.2 Å². The van der Waals surface area contributed by atoms with Crippen molar-refractivity contribution < 1.29 is 8.42 Å². The number of aromatic nitrogens is 2. The molecule has 1 aromatic heterocycles. The van der Waals surface area contributed by atoms with E-state index in [-0.39, 0.29) is 12.4 Å². The second-order valence-electron chi connectivity index (χ2n) is 5.10. The molecule has 2 heterocycles. The van der Waals surface area contributed by atoms with Crippen molar-refractivity contribution in [2.45, 2.75) is 31.1 Å². The highest BCUT2D eigenvalue weighted by atomic mass is 35.5. The molecule has 0 aromatic carbocycles. The van der Waals surface area contributed by atoms with Crippen LogP contribution in [0.15, 0.2) is 11.1 Å². The highest BCUT2D eigenvalue weighted by Crippen LogP contribution is 2.25. The Balaban J connectivity index is 0.00000200. The second-order valence-corrected chi connectivity index (χ2v) is 7.01. The Morgan fingerprint density at radius 2 is 2.10 bits per heavy atom. The second kappa shape index (κ2) is 7.40. The molecule has 8 heteroatoms. The number of rotatable bonds is 5. The van der Waals surface area contributed by atoms with Gasteiger partial charge in [-0.1, -0.05) is 0 Å². The Kier molecular flexibility index (Phi) is 6.44. The number of nitrogens with zero attached hydrogens (tertiary/aromatic N) is 2. The molecule has 2 N–H and O–H groups in total. The van der Waals surface area contributed by atoms with Crippen LogP contribution in [0.2, 0.25) is 0 Å². The Morgan fingerprint density at radius 3 is 2.60 bits per heavy atom.